The second-order valence-electron chi connectivity index (χ2n) is 8.30. The molecule has 10 heteroatoms. The van der Waals surface area contributed by atoms with Gasteiger partial charge in [0, 0.05) is 50.6 Å². The van der Waals surface area contributed by atoms with E-state index in [1.807, 2.05) is 36.4 Å². The molecule has 2 aromatic carbocycles. The highest BCUT2D eigenvalue weighted by Gasteiger charge is 2.23. The Hall–Kier alpha value is -2.95. The first kappa shape index (κ1) is 21.9. The van der Waals surface area contributed by atoms with E-state index in [4.69, 9.17) is 14.7 Å². The van der Waals surface area contributed by atoms with Crippen LogP contribution in [0.2, 0.25) is 0 Å². The average molecular weight is 469 g/mol. The number of nitrogens with zero attached hydrogens (tertiary/aromatic N) is 5. The van der Waals surface area contributed by atoms with Gasteiger partial charge in [-0.3, -0.25) is 0 Å². The van der Waals surface area contributed by atoms with E-state index >= 15 is 0 Å². The molecule has 0 bridgehead atoms. The van der Waals surface area contributed by atoms with Crippen LogP contribution in [0.15, 0.2) is 48.5 Å². The fourth-order valence-corrected chi connectivity index (χ4v) is 5.07. The molecular weight excluding hydrogens is 440 g/mol. The lowest BCUT2D eigenvalue weighted by Crippen LogP contribution is -2.48. The van der Waals surface area contributed by atoms with Crippen LogP contribution in [0.5, 0.6) is 0 Å². The Kier molecular flexibility index (Phi) is 6.05. The summed E-state index contributed by atoms with van der Waals surface area (Å²) in [5.41, 5.74) is 3.71. The van der Waals surface area contributed by atoms with E-state index in [0.717, 1.165) is 47.1 Å². The molecule has 3 heterocycles. The van der Waals surface area contributed by atoms with Crippen molar-refractivity contribution in [2.75, 3.05) is 73.9 Å². The SMILES string of the molecule is CS(=O)(=O)N1CCN(c2ccc(Nc3nc4ccccc4nc3N3CCOCC3)cc2)CC1. The summed E-state index contributed by atoms with van der Waals surface area (Å²) in [6.07, 6.45) is 1.27. The number of para-hydroxylation sites is 2. The molecule has 0 unspecified atom stereocenters. The number of rotatable bonds is 5. The van der Waals surface area contributed by atoms with Crippen LogP contribution in [0.3, 0.4) is 0 Å². The number of anilines is 4. The number of sulfonamides is 1. The summed E-state index contributed by atoms with van der Waals surface area (Å²) in [6, 6.07) is 16.1. The number of fused-ring (bicyclic) bond motifs is 1. The Morgan fingerprint density at radius 2 is 1.45 bits per heavy atom. The topological polar surface area (TPSA) is 90.9 Å². The summed E-state index contributed by atoms with van der Waals surface area (Å²) < 4.78 is 30.5. The minimum Gasteiger partial charge on any atom is -0.378 e. The van der Waals surface area contributed by atoms with Gasteiger partial charge in [0.05, 0.1) is 30.5 Å². The molecule has 0 spiro atoms. The second kappa shape index (κ2) is 9.12. The van der Waals surface area contributed by atoms with E-state index in [9.17, 15) is 8.42 Å². The van der Waals surface area contributed by atoms with Crippen LogP contribution >= 0.6 is 0 Å². The Bertz CT molecular complexity index is 1220. The monoisotopic (exact) mass is 468 g/mol. The van der Waals surface area contributed by atoms with E-state index in [2.05, 4.69) is 27.2 Å². The summed E-state index contributed by atoms with van der Waals surface area (Å²) in [4.78, 5) is 14.2. The standard InChI is InChI=1S/C23H28N6O3S/c1-33(30,31)29-12-10-27(11-13-29)19-8-6-18(7-9-19)24-22-23(28-14-16-32-17-15-28)26-21-5-3-2-4-20(21)25-22/h2-9H,10-17H2,1H3,(H,24,25). The number of hydrogen-bond acceptors (Lipinski definition) is 8. The summed E-state index contributed by atoms with van der Waals surface area (Å²) >= 11 is 0. The van der Waals surface area contributed by atoms with Crippen LogP contribution in [-0.4, -0.2) is 81.4 Å². The third-order valence-electron chi connectivity index (χ3n) is 6.07. The lowest BCUT2D eigenvalue weighted by molar-refractivity contribution is 0.122. The van der Waals surface area contributed by atoms with Gasteiger partial charge in [-0.2, -0.15) is 4.31 Å². The molecule has 2 saturated heterocycles. The van der Waals surface area contributed by atoms with Gasteiger partial charge in [-0.25, -0.2) is 18.4 Å². The first-order valence-corrected chi connectivity index (χ1v) is 13.0. The van der Waals surface area contributed by atoms with Crippen LogP contribution in [0, 0.1) is 0 Å². The maximum absolute atomic E-state index is 11.7. The van der Waals surface area contributed by atoms with E-state index < -0.39 is 10.0 Å². The maximum atomic E-state index is 11.7. The van der Waals surface area contributed by atoms with Crippen LogP contribution in [0.25, 0.3) is 11.0 Å². The van der Waals surface area contributed by atoms with E-state index in [1.54, 1.807) is 0 Å². The first-order chi connectivity index (χ1) is 16.0. The van der Waals surface area contributed by atoms with Crippen molar-refractivity contribution >= 4 is 44.1 Å². The summed E-state index contributed by atoms with van der Waals surface area (Å²) in [5.74, 6) is 1.56. The summed E-state index contributed by atoms with van der Waals surface area (Å²) in [5, 5.41) is 3.46. The molecule has 2 aliphatic heterocycles. The molecule has 1 aromatic heterocycles. The van der Waals surface area contributed by atoms with Crippen LogP contribution < -0.4 is 15.1 Å². The van der Waals surface area contributed by atoms with Gasteiger partial charge in [0.25, 0.3) is 0 Å². The van der Waals surface area contributed by atoms with Crippen molar-refractivity contribution in [3.63, 3.8) is 0 Å². The Labute approximate surface area is 194 Å². The predicted molar refractivity (Wildman–Crippen MR) is 131 cm³/mol. The molecule has 9 nitrogen and oxygen atoms in total. The maximum Gasteiger partial charge on any atom is 0.211 e. The number of nitrogens with one attached hydrogen (secondary N) is 1. The van der Waals surface area contributed by atoms with Gasteiger partial charge in [0.2, 0.25) is 10.0 Å². The van der Waals surface area contributed by atoms with Crippen molar-refractivity contribution in [2.45, 2.75) is 0 Å². The van der Waals surface area contributed by atoms with Gasteiger partial charge in [-0.1, -0.05) is 12.1 Å². The zero-order chi connectivity index (χ0) is 22.8. The van der Waals surface area contributed by atoms with Gasteiger partial charge in [0.1, 0.15) is 0 Å². The average Bonchev–Trinajstić information content (AvgIpc) is 2.84. The van der Waals surface area contributed by atoms with E-state index in [0.29, 0.717) is 39.4 Å². The number of morpholine rings is 1. The quantitative estimate of drug-likeness (QED) is 0.610. The van der Waals surface area contributed by atoms with E-state index in [-0.39, 0.29) is 0 Å². The lowest BCUT2D eigenvalue weighted by Gasteiger charge is -2.34. The van der Waals surface area contributed by atoms with Crippen molar-refractivity contribution in [1.29, 1.82) is 0 Å². The molecule has 2 fully saturated rings. The Balaban J connectivity index is 1.35. The number of hydrogen-bond donors (Lipinski definition) is 1. The molecular formula is C23H28N6O3S. The molecule has 0 amide bonds. The molecule has 5 rings (SSSR count). The lowest BCUT2D eigenvalue weighted by atomic mass is 10.2. The molecule has 174 valence electrons. The molecule has 3 aromatic rings. The molecule has 33 heavy (non-hydrogen) atoms. The highest BCUT2D eigenvalue weighted by molar-refractivity contribution is 7.88. The van der Waals surface area contributed by atoms with Crippen molar-refractivity contribution < 1.29 is 13.2 Å². The first-order valence-electron chi connectivity index (χ1n) is 11.1. The van der Waals surface area contributed by atoms with Gasteiger partial charge >= 0.3 is 0 Å². The third kappa shape index (κ3) is 4.87. The van der Waals surface area contributed by atoms with Crippen LogP contribution in [-0.2, 0) is 14.8 Å². The molecule has 1 N–H and O–H groups in total. The fraction of sp³-hybridized carbons (Fsp3) is 0.391. The van der Waals surface area contributed by atoms with Gasteiger partial charge in [-0.05, 0) is 36.4 Å². The largest absolute Gasteiger partial charge is 0.378 e. The Morgan fingerprint density at radius 3 is 2.09 bits per heavy atom. The Morgan fingerprint density at radius 1 is 0.818 bits per heavy atom. The fourth-order valence-electron chi connectivity index (χ4n) is 4.24. The van der Waals surface area contributed by atoms with E-state index in [1.165, 1.54) is 10.6 Å². The molecule has 0 radical (unpaired) electrons. The van der Waals surface area contributed by atoms with Crippen molar-refractivity contribution in [3.8, 4) is 0 Å². The normalized spacial score (nSPS) is 18.0. The molecule has 0 saturated carbocycles. The van der Waals surface area contributed by atoms with Gasteiger partial charge in [-0.15, -0.1) is 0 Å². The smallest absolute Gasteiger partial charge is 0.211 e. The number of aromatic nitrogens is 2. The van der Waals surface area contributed by atoms with Crippen LogP contribution in [0.1, 0.15) is 0 Å². The zero-order valence-electron chi connectivity index (χ0n) is 18.6. The van der Waals surface area contributed by atoms with Crippen molar-refractivity contribution in [2.24, 2.45) is 0 Å². The summed E-state index contributed by atoms with van der Waals surface area (Å²) in [7, 11) is -3.13. The van der Waals surface area contributed by atoms with Crippen LogP contribution in [0.4, 0.5) is 23.0 Å². The minimum absolute atomic E-state index is 0.508. The molecule has 0 aliphatic carbocycles. The van der Waals surface area contributed by atoms with Gasteiger partial charge < -0.3 is 19.9 Å². The second-order valence-corrected chi connectivity index (χ2v) is 10.3. The molecule has 0 atom stereocenters. The zero-order valence-corrected chi connectivity index (χ0v) is 19.5. The highest BCUT2D eigenvalue weighted by Crippen LogP contribution is 2.29. The van der Waals surface area contributed by atoms with Crippen molar-refractivity contribution in [3.05, 3.63) is 48.5 Å². The van der Waals surface area contributed by atoms with Crippen molar-refractivity contribution in [1.82, 2.24) is 14.3 Å². The predicted octanol–water partition coefficient (Wildman–Crippen LogP) is 2.29. The van der Waals surface area contributed by atoms with Gasteiger partial charge in [0.15, 0.2) is 11.6 Å². The minimum atomic E-state index is -3.13. The number of benzene rings is 2. The highest BCUT2D eigenvalue weighted by atomic mass is 32.2. The third-order valence-corrected chi connectivity index (χ3v) is 7.37. The number of piperazine rings is 1. The molecule has 2 aliphatic rings. The number of ether oxygens (including phenoxy) is 1. The summed E-state index contributed by atoms with van der Waals surface area (Å²) in [6.45, 7) is 5.28.